The third kappa shape index (κ3) is 13.4. The lowest BCUT2D eigenvalue weighted by Crippen LogP contribution is -2.65. The van der Waals surface area contributed by atoms with Crippen LogP contribution in [0.5, 0.6) is 0 Å². The van der Waals surface area contributed by atoms with Crippen LogP contribution >= 0.6 is 0 Å². The molecule has 57 heavy (non-hydrogen) atoms. The van der Waals surface area contributed by atoms with E-state index in [9.17, 15) is 14.4 Å². The Kier molecular flexibility index (Phi) is 19.6. The van der Waals surface area contributed by atoms with E-state index in [1.807, 2.05) is 72.8 Å². The van der Waals surface area contributed by atoms with Gasteiger partial charge in [-0.1, -0.05) is 200 Å². The second-order valence-corrected chi connectivity index (χ2v) is 25.3. The maximum Gasteiger partial charge on any atom is 0.258 e. The molecule has 5 nitrogen and oxygen atoms in total. The zero-order valence-corrected chi connectivity index (χ0v) is 37.5. The monoisotopic (exact) mass is 808 g/mol. The Morgan fingerprint density at radius 1 is 0.491 bits per heavy atom. The number of carbonyl (C=O) groups is 1. The Morgan fingerprint density at radius 2 is 0.825 bits per heavy atom. The fourth-order valence-electron chi connectivity index (χ4n) is 8.77. The molecule has 0 radical (unpaired) electrons. The molecule has 0 bridgehead atoms. The third-order valence-corrected chi connectivity index (χ3v) is 21.2. The van der Waals surface area contributed by atoms with Crippen LogP contribution in [0.25, 0.3) is 0 Å². The van der Waals surface area contributed by atoms with Gasteiger partial charge in [0.1, 0.15) is 6.29 Å². The molecule has 0 aliphatic heterocycles. The molecule has 4 aromatic carbocycles. The predicted molar refractivity (Wildman–Crippen MR) is 244 cm³/mol. The maximum absolute atomic E-state index is 12.8. The summed E-state index contributed by atoms with van der Waals surface area (Å²) >= 11 is 0. The smallest absolute Gasteiger partial charge is 0.258 e. The van der Waals surface area contributed by atoms with Crippen molar-refractivity contribution in [3.8, 4) is 0 Å². The van der Waals surface area contributed by atoms with Crippen LogP contribution in [-0.2, 0) is 14.3 Å². The minimum Gasteiger partial charge on any atom is -0.424 e. The first-order valence-corrected chi connectivity index (χ1v) is 25.7. The standard InChI is InChI=1S/C50H72O5Si2/c1-49(2,56(52,45-29-17-13-18-30-45)46-31-19-14-20-32-46)37-25-9-8-12-28-40-55-43-44(42-54-39-27-11-7-5-6-10-26-38-51)41-50(3,4)57(53,47-33-21-15-22-34-47)48-35-23-16-24-36-48/h13-24,29-36,38,44,52-53H,5-12,25-28,37,39-43H2,1-4H3. The van der Waals surface area contributed by atoms with Gasteiger partial charge >= 0.3 is 0 Å². The number of aldehydes is 1. The Balaban J connectivity index is 1.28. The van der Waals surface area contributed by atoms with Crippen LogP contribution in [0.2, 0.25) is 10.1 Å². The van der Waals surface area contributed by atoms with Crippen molar-refractivity contribution in [3.05, 3.63) is 121 Å². The zero-order chi connectivity index (χ0) is 40.9. The normalized spacial score (nSPS) is 13.1. The molecule has 1 unspecified atom stereocenters. The highest BCUT2D eigenvalue weighted by Gasteiger charge is 2.51. The fourth-order valence-corrected chi connectivity index (χ4v) is 16.4. The molecule has 0 aliphatic carbocycles. The van der Waals surface area contributed by atoms with E-state index in [0.29, 0.717) is 19.6 Å². The summed E-state index contributed by atoms with van der Waals surface area (Å²) in [6, 6.07) is 41.2. The second-order valence-electron chi connectivity index (χ2n) is 17.5. The first-order chi connectivity index (χ1) is 27.6. The molecule has 0 aromatic heterocycles. The number of unbranched alkanes of at least 4 members (excludes halogenated alkanes) is 10. The minimum atomic E-state index is -3.15. The maximum atomic E-state index is 12.8. The summed E-state index contributed by atoms with van der Waals surface area (Å²) in [5.74, 6) is 0.161. The van der Waals surface area contributed by atoms with E-state index < -0.39 is 16.6 Å². The first-order valence-electron chi connectivity index (χ1n) is 21.8. The summed E-state index contributed by atoms with van der Waals surface area (Å²) in [5, 5.41) is 3.64. The highest BCUT2D eigenvalue weighted by atomic mass is 28.4. The number of hydrogen-bond donors (Lipinski definition) is 2. The topological polar surface area (TPSA) is 76.0 Å². The van der Waals surface area contributed by atoms with E-state index in [1.165, 1.54) is 12.8 Å². The largest absolute Gasteiger partial charge is 0.424 e. The first kappa shape index (κ1) is 46.5. The van der Waals surface area contributed by atoms with Gasteiger partial charge in [0.15, 0.2) is 0 Å². The summed E-state index contributed by atoms with van der Waals surface area (Å²) in [6.45, 7) is 11.7. The second kappa shape index (κ2) is 24.0. The lowest BCUT2D eigenvalue weighted by molar-refractivity contribution is -0.107. The van der Waals surface area contributed by atoms with Gasteiger partial charge in [-0.2, -0.15) is 0 Å². The van der Waals surface area contributed by atoms with Crippen LogP contribution < -0.4 is 20.7 Å². The molecule has 0 fully saturated rings. The summed E-state index contributed by atoms with van der Waals surface area (Å²) in [6.07, 6.45) is 15.6. The average molecular weight is 809 g/mol. The van der Waals surface area contributed by atoms with Gasteiger partial charge in [-0.25, -0.2) is 0 Å². The molecule has 4 aromatic rings. The summed E-state index contributed by atoms with van der Waals surface area (Å²) in [7, 11) is -6.13. The summed E-state index contributed by atoms with van der Waals surface area (Å²) in [4.78, 5) is 35.9. The molecule has 0 saturated carbocycles. The molecule has 310 valence electrons. The highest BCUT2D eigenvalue weighted by molar-refractivity contribution is 6.99. The molecule has 0 amide bonds. The molecule has 0 spiro atoms. The number of benzene rings is 4. The van der Waals surface area contributed by atoms with Gasteiger partial charge in [-0.15, -0.1) is 0 Å². The van der Waals surface area contributed by atoms with Crippen LogP contribution in [0.15, 0.2) is 121 Å². The molecule has 0 heterocycles. The number of carbonyl (C=O) groups excluding carboxylic acids is 1. The Bertz CT molecular complexity index is 1570. The van der Waals surface area contributed by atoms with E-state index >= 15 is 0 Å². The van der Waals surface area contributed by atoms with Crippen molar-refractivity contribution in [2.45, 2.75) is 128 Å². The van der Waals surface area contributed by atoms with Crippen molar-refractivity contribution in [1.29, 1.82) is 0 Å². The lowest BCUT2D eigenvalue weighted by Gasteiger charge is -2.43. The highest BCUT2D eigenvalue weighted by Crippen LogP contribution is 2.42. The third-order valence-electron chi connectivity index (χ3n) is 12.2. The van der Waals surface area contributed by atoms with E-state index in [1.54, 1.807) is 0 Å². The fraction of sp³-hybridized carbons (Fsp3) is 0.500. The van der Waals surface area contributed by atoms with Gasteiger partial charge in [0.2, 0.25) is 0 Å². The molecule has 0 aliphatic rings. The minimum absolute atomic E-state index is 0.161. The van der Waals surface area contributed by atoms with Crippen LogP contribution in [0.3, 0.4) is 0 Å². The van der Waals surface area contributed by atoms with Gasteiger partial charge in [-0.05, 0) is 62.9 Å². The van der Waals surface area contributed by atoms with Crippen molar-refractivity contribution >= 4 is 43.7 Å². The van der Waals surface area contributed by atoms with Crippen molar-refractivity contribution < 1.29 is 23.9 Å². The van der Waals surface area contributed by atoms with Gasteiger partial charge < -0.3 is 23.9 Å². The van der Waals surface area contributed by atoms with Crippen molar-refractivity contribution in [3.63, 3.8) is 0 Å². The Labute approximate surface area is 347 Å². The quantitative estimate of drug-likeness (QED) is 0.0325. The SMILES string of the molecule is CC(C)(CCCCCCCOCC(COCCCCCCCCC=O)CC(C)(C)[Si](O)(c1ccccc1)c1ccccc1)[Si](O)(c1ccccc1)c1ccccc1. The molecule has 2 N–H and O–H groups in total. The van der Waals surface area contributed by atoms with Crippen molar-refractivity contribution in [2.75, 3.05) is 26.4 Å². The van der Waals surface area contributed by atoms with Gasteiger partial charge in [0.05, 0.1) is 13.2 Å². The average Bonchev–Trinajstić information content (AvgIpc) is 3.24. The molecular formula is C50H72O5Si2. The predicted octanol–water partition coefficient (Wildman–Crippen LogP) is 9.36. The van der Waals surface area contributed by atoms with E-state index in [4.69, 9.17) is 9.47 Å². The van der Waals surface area contributed by atoms with E-state index in [0.717, 1.165) is 111 Å². The van der Waals surface area contributed by atoms with Gasteiger partial charge in [0, 0.05) is 25.6 Å². The van der Waals surface area contributed by atoms with Gasteiger partial charge in [0.25, 0.3) is 16.6 Å². The van der Waals surface area contributed by atoms with Crippen LogP contribution in [0.1, 0.15) is 118 Å². The van der Waals surface area contributed by atoms with Crippen LogP contribution in [-0.4, -0.2) is 58.9 Å². The van der Waals surface area contributed by atoms with E-state index in [-0.39, 0.29) is 16.0 Å². The molecule has 1 atom stereocenters. The van der Waals surface area contributed by atoms with Crippen molar-refractivity contribution in [2.24, 2.45) is 5.92 Å². The Hall–Kier alpha value is -3.18. The van der Waals surface area contributed by atoms with Crippen LogP contribution in [0.4, 0.5) is 0 Å². The molecule has 7 heteroatoms. The number of ether oxygens (including phenoxy) is 2. The number of hydrogen-bond acceptors (Lipinski definition) is 5. The van der Waals surface area contributed by atoms with E-state index in [2.05, 4.69) is 76.2 Å². The summed E-state index contributed by atoms with van der Waals surface area (Å²) < 4.78 is 12.7. The lowest BCUT2D eigenvalue weighted by atomic mass is 9.97. The van der Waals surface area contributed by atoms with Crippen LogP contribution in [0, 0.1) is 5.92 Å². The summed E-state index contributed by atoms with van der Waals surface area (Å²) in [5.41, 5.74) is 0. The number of rotatable bonds is 29. The molecule has 4 rings (SSSR count). The van der Waals surface area contributed by atoms with Gasteiger partial charge in [-0.3, -0.25) is 0 Å². The molecule has 0 saturated heterocycles. The molecular weight excluding hydrogens is 737 g/mol. The van der Waals surface area contributed by atoms with Crippen molar-refractivity contribution in [1.82, 2.24) is 0 Å². The Morgan fingerprint density at radius 3 is 1.21 bits per heavy atom. The zero-order valence-electron chi connectivity index (χ0n) is 35.5.